The SMILES string of the molecule is C=C(C)C(=O)OC1(CC)CC2CCCC(O)(C2)C1. The summed E-state index contributed by atoms with van der Waals surface area (Å²) >= 11 is 0. The molecule has 0 spiro atoms. The van der Waals surface area contributed by atoms with Crippen LogP contribution in [0.3, 0.4) is 0 Å². The zero-order chi connectivity index (χ0) is 13.4. The van der Waals surface area contributed by atoms with Crippen molar-refractivity contribution < 1.29 is 14.6 Å². The third-order valence-corrected chi connectivity index (χ3v) is 4.54. The fraction of sp³-hybridized carbons (Fsp3) is 0.800. The van der Waals surface area contributed by atoms with Crippen molar-refractivity contribution in [3.05, 3.63) is 12.2 Å². The molecule has 2 saturated carbocycles. The molecule has 2 rings (SSSR count). The first-order valence-corrected chi connectivity index (χ1v) is 6.99. The first-order valence-electron chi connectivity index (χ1n) is 6.99. The number of esters is 1. The number of hydrogen-bond acceptors (Lipinski definition) is 3. The predicted molar refractivity (Wildman–Crippen MR) is 70.1 cm³/mol. The maximum Gasteiger partial charge on any atom is 0.333 e. The number of hydrogen-bond donors (Lipinski definition) is 1. The van der Waals surface area contributed by atoms with E-state index in [1.54, 1.807) is 6.92 Å². The van der Waals surface area contributed by atoms with Gasteiger partial charge in [0.25, 0.3) is 0 Å². The molecule has 18 heavy (non-hydrogen) atoms. The second kappa shape index (κ2) is 4.69. The molecule has 3 atom stereocenters. The smallest absolute Gasteiger partial charge is 0.333 e. The molecule has 2 aliphatic carbocycles. The second-order valence-corrected chi connectivity index (χ2v) is 6.27. The van der Waals surface area contributed by atoms with E-state index >= 15 is 0 Å². The van der Waals surface area contributed by atoms with E-state index in [1.165, 1.54) is 0 Å². The minimum absolute atomic E-state index is 0.319. The Kier molecular flexibility index (Phi) is 3.54. The van der Waals surface area contributed by atoms with Crippen molar-refractivity contribution in [2.45, 2.75) is 70.0 Å². The van der Waals surface area contributed by atoms with Crippen molar-refractivity contribution in [3.63, 3.8) is 0 Å². The van der Waals surface area contributed by atoms with E-state index in [9.17, 15) is 9.90 Å². The van der Waals surface area contributed by atoms with Gasteiger partial charge in [0.2, 0.25) is 0 Å². The van der Waals surface area contributed by atoms with Crippen LogP contribution in [0.1, 0.15) is 58.8 Å². The summed E-state index contributed by atoms with van der Waals surface area (Å²) < 4.78 is 5.69. The molecule has 102 valence electrons. The molecule has 2 fully saturated rings. The summed E-state index contributed by atoms with van der Waals surface area (Å²) in [6.07, 6.45) is 6.21. The molecule has 0 aliphatic heterocycles. The van der Waals surface area contributed by atoms with Gasteiger partial charge in [-0.25, -0.2) is 4.79 Å². The van der Waals surface area contributed by atoms with Gasteiger partial charge in [-0.2, -0.15) is 0 Å². The average Bonchev–Trinajstić information content (AvgIpc) is 2.27. The molecular formula is C15H24O3. The second-order valence-electron chi connectivity index (χ2n) is 6.27. The van der Waals surface area contributed by atoms with Crippen LogP contribution in [-0.4, -0.2) is 22.3 Å². The highest BCUT2D eigenvalue weighted by atomic mass is 16.6. The van der Waals surface area contributed by atoms with Crippen LogP contribution in [0.5, 0.6) is 0 Å². The molecule has 0 saturated heterocycles. The fourth-order valence-electron chi connectivity index (χ4n) is 3.70. The lowest BCUT2D eigenvalue weighted by Crippen LogP contribution is -2.52. The zero-order valence-electron chi connectivity index (χ0n) is 11.5. The predicted octanol–water partition coefficient (Wildman–Crippen LogP) is 2.97. The normalized spacial score (nSPS) is 39.2. The van der Waals surface area contributed by atoms with Crippen molar-refractivity contribution in [2.75, 3.05) is 0 Å². The van der Waals surface area contributed by atoms with E-state index in [4.69, 9.17) is 4.74 Å². The van der Waals surface area contributed by atoms with Gasteiger partial charge in [0, 0.05) is 12.0 Å². The first-order chi connectivity index (χ1) is 8.38. The molecule has 0 aromatic heterocycles. The van der Waals surface area contributed by atoms with Crippen LogP contribution >= 0.6 is 0 Å². The molecule has 0 aromatic rings. The standard InChI is InChI=1S/C15H24O3/c1-4-15(18-13(16)11(2)3)9-12-6-5-7-14(17,8-12)10-15/h12,17H,2,4-10H2,1,3H3. The molecule has 3 nitrogen and oxygen atoms in total. The summed E-state index contributed by atoms with van der Waals surface area (Å²) in [7, 11) is 0. The lowest BCUT2D eigenvalue weighted by atomic mass is 9.62. The summed E-state index contributed by atoms with van der Waals surface area (Å²) in [5.41, 5.74) is -0.661. The van der Waals surface area contributed by atoms with Gasteiger partial charge in [0.1, 0.15) is 5.60 Å². The van der Waals surface area contributed by atoms with Crippen LogP contribution in [0.15, 0.2) is 12.2 Å². The fourth-order valence-corrected chi connectivity index (χ4v) is 3.70. The maximum atomic E-state index is 11.8. The Morgan fingerprint density at radius 2 is 2.22 bits per heavy atom. The molecule has 0 amide bonds. The van der Waals surface area contributed by atoms with Gasteiger partial charge in [0.05, 0.1) is 5.60 Å². The third kappa shape index (κ3) is 2.61. The van der Waals surface area contributed by atoms with Gasteiger partial charge in [-0.05, 0) is 38.5 Å². The Labute approximate surface area is 109 Å². The van der Waals surface area contributed by atoms with Gasteiger partial charge >= 0.3 is 5.97 Å². The van der Waals surface area contributed by atoms with E-state index in [1.807, 2.05) is 6.92 Å². The summed E-state index contributed by atoms with van der Waals surface area (Å²) in [5, 5.41) is 10.6. The molecule has 2 aliphatic rings. The maximum absolute atomic E-state index is 11.8. The monoisotopic (exact) mass is 252 g/mol. The number of carbonyl (C=O) groups is 1. The summed E-state index contributed by atoms with van der Waals surface area (Å²) in [6.45, 7) is 7.35. The van der Waals surface area contributed by atoms with Crippen molar-refractivity contribution in [2.24, 2.45) is 5.92 Å². The minimum atomic E-state index is -0.619. The Hall–Kier alpha value is -0.830. The molecule has 0 radical (unpaired) electrons. The molecule has 0 aromatic carbocycles. The van der Waals surface area contributed by atoms with Gasteiger partial charge < -0.3 is 9.84 Å². The van der Waals surface area contributed by atoms with Crippen LogP contribution < -0.4 is 0 Å². The van der Waals surface area contributed by atoms with Crippen LogP contribution in [0, 0.1) is 5.92 Å². The lowest BCUT2D eigenvalue weighted by Gasteiger charge is -2.50. The minimum Gasteiger partial charge on any atom is -0.456 e. The summed E-state index contributed by atoms with van der Waals surface area (Å²) in [5.74, 6) is 0.177. The quantitative estimate of drug-likeness (QED) is 0.620. The van der Waals surface area contributed by atoms with E-state index in [0.717, 1.165) is 38.5 Å². The van der Waals surface area contributed by atoms with E-state index < -0.39 is 11.2 Å². The lowest BCUT2D eigenvalue weighted by molar-refractivity contribution is -0.182. The number of fused-ring (bicyclic) bond motifs is 2. The highest BCUT2D eigenvalue weighted by Gasteiger charge is 2.50. The van der Waals surface area contributed by atoms with Crippen LogP contribution in [0.2, 0.25) is 0 Å². The highest BCUT2D eigenvalue weighted by Crippen LogP contribution is 2.49. The molecule has 0 heterocycles. The van der Waals surface area contributed by atoms with Crippen molar-refractivity contribution in [1.82, 2.24) is 0 Å². The first kappa shape index (κ1) is 13.6. The number of rotatable bonds is 3. The number of ether oxygens (including phenoxy) is 1. The Balaban J connectivity index is 2.17. The highest BCUT2D eigenvalue weighted by molar-refractivity contribution is 5.87. The number of aliphatic hydroxyl groups is 1. The zero-order valence-corrected chi connectivity index (χ0v) is 11.5. The van der Waals surface area contributed by atoms with Gasteiger partial charge in [-0.15, -0.1) is 0 Å². The van der Waals surface area contributed by atoms with Crippen molar-refractivity contribution in [3.8, 4) is 0 Å². The van der Waals surface area contributed by atoms with Gasteiger partial charge in [0.15, 0.2) is 0 Å². The van der Waals surface area contributed by atoms with E-state index in [2.05, 4.69) is 6.58 Å². The van der Waals surface area contributed by atoms with Crippen LogP contribution in [-0.2, 0) is 9.53 Å². The van der Waals surface area contributed by atoms with Gasteiger partial charge in [-0.1, -0.05) is 26.3 Å². The molecular weight excluding hydrogens is 228 g/mol. The van der Waals surface area contributed by atoms with Crippen molar-refractivity contribution in [1.29, 1.82) is 0 Å². The Morgan fingerprint density at radius 3 is 2.78 bits per heavy atom. The van der Waals surface area contributed by atoms with Crippen LogP contribution in [0.4, 0.5) is 0 Å². The molecule has 3 unspecified atom stereocenters. The van der Waals surface area contributed by atoms with Crippen molar-refractivity contribution >= 4 is 5.97 Å². The number of carbonyl (C=O) groups excluding carboxylic acids is 1. The summed E-state index contributed by atoms with van der Waals surface area (Å²) in [4.78, 5) is 11.8. The van der Waals surface area contributed by atoms with Gasteiger partial charge in [-0.3, -0.25) is 0 Å². The molecule has 2 bridgehead atoms. The largest absolute Gasteiger partial charge is 0.456 e. The topological polar surface area (TPSA) is 46.5 Å². The van der Waals surface area contributed by atoms with Crippen LogP contribution in [0.25, 0.3) is 0 Å². The average molecular weight is 252 g/mol. The third-order valence-electron chi connectivity index (χ3n) is 4.54. The van der Waals surface area contributed by atoms with E-state index in [-0.39, 0.29) is 5.97 Å². The Bertz CT molecular complexity index is 363. The molecule has 1 N–H and O–H groups in total. The van der Waals surface area contributed by atoms with E-state index in [0.29, 0.717) is 17.9 Å². The summed E-state index contributed by atoms with van der Waals surface area (Å²) in [6, 6.07) is 0. The Morgan fingerprint density at radius 1 is 1.50 bits per heavy atom. The molecule has 3 heteroatoms.